The van der Waals surface area contributed by atoms with E-state index in [0.29, 0.717) is 30.4 Å². The molecule has 0 amide bonds. The van der Waals surface area contributed by atoms with Gasteiger partial charge in [-0.15, -0.1) is 0 Å². The summed E-state index contributed by atoms with van der Waals surface area (Å²) >= 11 is 0. The molecule has 0 aliphatic carbocycles. The monoisotopic (exact) mass is 217 g/mol. The van der Waals surface area contributed by atoms with Gasteiger partial charge in [-0.1, -0.05) is 24.3 Å². The summed E-state index contributed by atoms with van der Waals surface area (Å²) in [6.45, 7) is 6.93. The molecular weight excluding hydrogens is 205 g/mol. The fraction of sp³-hybridized carbons (Fsp3) is 0.273. The Morgan fingerprint density at radius 1 is 1.44 bits per heavy atom. The van der Waals surface area contributed by atoms with Gasteiger partial charge in [-0.3, -0.25) is 4.79 Å². The molecule has 0 saturated carbocycles. The second-order valence-corrected chi connectivity index (χ2v) is 3.41. The fourth-order valence-electron chi connectivity index (χ4n) is 1.34. The first-order chi connectivity index (χ1) is 7.65. The lowest BCUT2D eigenvalue weighted by Gasteiger charge is -2.02. The fourth-order valence-corrected chi connectivity index (χ4v) is 1.34. The minimum Gasteiger partial charge on any atom is -0.423 e. The van der Waals surface area contributed by atoms with Crippen LogP contribution in [-0.2, 0) is 0 Å². The van der Waals surface area contributed by atoms with Gasteiger partial charge in [0.05, 0.1) is 0 Å². The van der Waals surface area contributed by atoms with Gasteiger partial charge in [0.1, 0.15) is 0 Å². The molecule has 82 valence electrons. The van der Waals surface area contributed by atoms with E-state index in [1.807, 2.05) is 0 Å². The van der Waals surface area contributed by atoms with Crippen LogP contribution in [0.15, 0.2) is 24.3 Å². The minimum absolute atomic E-state index is 0.0776. The smallest absolute Gasteiger partial charge is 0.423 e. The maximum atomic E-state index is 11.6. The first-order valence-corrected chi connectivity index (χ1v) is 4.97. The molecule has 2 N–H and O–H groups in total. The number of hydrogen-bond donors (Lipinski definition) is 2. The second-order valence-electron chi connectivity index (χ2n) is 3.41. The largest absolute Gasteiger partial charge is 0.488 e. The quantitative estimate of drug-likeness (QED) is 0.321. The highest BCUT2D eigenvalue weighted by atomic mass is 16.4. The van der Waals surface area contributed by atoms with Crippen molar-refractivity contribution in [1.82, 2.24) is 0 Å². The summed E-state index contributed by atoms with van der Waals surface area (Å²) in [5, 5.41) is 17.9. The molecule has 4 nitrogen and oxygen atoms in total. The van der Waals surface area contributed by atoms with Crippen LogP contribution in [0, 0.1) is 6.57 Å². The van der Waals surface area contributed by atoms with Gasteiger partial charge in [0, 0.05) is 18.4 Å². The summed E-state index contributed by atoms with van der Waals surface area (Å²) in [4.78, 5) is 14.8. The molecule has 1 aromatic carbocycles. The number of carbonyl (C=O) groups is 1. The molecule has 16 heavy (non-hydrogen) atoms. The molecule has 0 aromatic heterocycles. The lowest BCUT2D eigenvalue weighted by atomic mass is 9.79. The lowest BCUT2D eigenvalue weighted by molar-refractivity contribution is 0.0981. The van der Waals surface area contributed by atoms with E-state index in [0.717, 1.165) is 0 Å². The van der Waals surface area contributed by atoms with Crippen molar-refractivity contribution in [3.8, 4) is 0 Å². The molecule has 0 spiro atoms. The molecule has 0 unspecified atom stereocenters. The van der Waals surface area contributed by atoms with Crippen LogP contribution < -0.4 is 5.46 Å². The van der Waals surface area contributed by atoms with Crippen molar-refractivity contribution >= 4 is 18.4 Å². The number of benzene rings is 1. The molecular formula is C11H12BNO3. The zero-order valence-corrected chi connectivity index (χ0v) is 8.76. The standard InChI is InChI=1S/C11H12BNO3/c1-13-7-3-6-11(14)9-4-2-5-10(8-9)12(15)16/h2,4-5,8,15-16H,3,6-7H2. The summed E-state index contributed by atoms with van der Waals surface area (Å²) in [6.07, 6.45) is 0.849. The highest BCUT2D eigenvalue weighted by Crippen LogP contribution is 2.04. The number of hydrogen-bond acceptors (Lipinski definition) is 3. The van der Waals surface area contributed by atoms with E-state index in [1.54, 1.807) is 18.2 Å². The van der Waals surface area contributed by atoms with Crippen LogP contribution in [0.5, 0.6) is 0 Å². The van der Waals surface area contributed by atoms with Crippen LogP contribution >= 0.6 is 0 Å². The highest BCUT2D eigenvalue weighted by Gasteiger charge is 2.13. The number of rotatable bonds is 5. The van der Waals surface area contributed by atoms with E-state index in [-0.39, 0.29) is 5.78 Å². The van der Waals surface area contributed by atoms with Crippen LogP contribution in [-0.4, -0.2) is 29.5 Å². The van der Waals surface area contributed by atoms with Gasteiger partial charge in [0.25, 0.3) is 0 Å². The summed E-state index contributed by atoms with van der Waals surface area (Å²) in [5.41, 5.74) is 0.756. The molecule has 0 atom stereocenters. The maximum Gasteiger partial charge on any atom is 0.488 e. The molecule has 0 heterocycles. The van der Waals surface area contributed by atoms with Gasteiger partial charge in [0.2, 0.25) is 6.54 Å². The van der Waals surface area contributed by atoms with Crippen LogP contribution in [0.4, 0.5) is 0 Å². The Labute approximate surface area is 94.5 Å². The van der Waals surface area contributed by atoms with Gasteiger partial charge in [0.15, 0.2) is 5.78 Å². The van der Waals surface area contributed by atoms with Crippen molar-refractivity contribution in [2.45, 2.75) is 12.8 Å². The molecule has 0 fully saturated rings. The van der Waals surface area contributed by atoms with Crippen molar-refractivity contribution in [2.75, 3.05) is 6.54 Å². The Morgan fingerprint density at radius 2 is 2.19 bits per heavy atom. The van der Waals surface area contributed by atoms with Crippen molar-refractivity contribution in [3.05, 3.63) is 41.2 Å². The van der Waals surface area contributed by atoms with E-state index in [2.05, 4.69) is 4.85 Å². The van der Waals surface area contributed by atoms with Gasteiger partial charge < -0.3 is 14.9 Å². The average molecular weight is 217 g/mol. The second kappa shape index (κ2) is 6.06. The minimum atomic E-state index is -1.56. The van der Waals surface area contributed by atoms with Crippen molar-refractivity contribution in [3.63, 3.8) is 0 Å². The third-order valence-electron chi connectivity index (χ3n) is 2.18. The van der Waals surface area contributed by atoms with Gasteiger partial charge in [-0.2, -0.15) is 0 Å². The van der Waals surface area contributed by atoms with E-state index >= 15 is 0 Å². The van der Waals surface area contributed by atoms with Crippen molar-refractivity contribution in [1.29, 1.82) is 0 Å². The molecule has 0 bridgehead atoms. The van der Waals surface area contributed by atoms with Crippen LogP contribution in [0.3, 0.4) is 0 Å². The third-order valence-corrected chi connectivity index (χ3v) is 2.18. The van der Waals surface area contributed by atoms with Crippen molar-refractivity contribution in [2.24, 2.45) is 0 Å². The number of ketones is 1. The first-order valence-electron chi connectivity index (χ1n) is 4.97. The molecule has 0 radical (unpaired) electrons. The topological polar surface area (TPSA) is 61.9 Å². The Morgan fingerprint density at radius 3 is 2.81 bits per heavy atom. The third kappa shape index (κ3) is 3.50. The van der Waals surface area contributed by atoms with E-state index < -0.39 is 7.12 Å². The molecule has 1 aromatic rings. The van der Waals surface area contributed by atoms with Crippen LogP contribution in [0.25, 0.3) is 4.85 Å². The van der Waals surface area contributed by atoms with Gasteiger partial charge >= 0.3 is 7.12 Å². The number of nitrogens with zero attached hydrogens (tertiary/aromatic N) is 1. The Bertz CT molecular complexity index is 412. The molecule has 1 rings (SSSR count). The summed E-state index contributed by atoms with van der Waals surface area (Å²) in [7, 11) is -1.56. The summed E-state index contributed by atoms with van der Waals surface area (Å²) in [6, 6.07) is 6.24. The SMILES string of the molecule is [C-]#[N+]CCCC(=O)c1cccc(B(O)O)c1. The predicted octanol–water partition coefficient (Wildman–Crippen LogP) is 0.249. The van der Waals surface area contributed by atoms with Crippen LogP contribution in [0.2, 0.25) is 0 Å². The Hall–Kier alpha value is -1.64. The van der Waals surface area contributed by atoms with E-state index in [1.165, 1.54) is 6.07 Å². The number of carbonyl (C=O) groups excluding carboxylic acids is 1. The maximum absolute atomic E-state index is 11.6. The Balaban J connectivity index is 2.69. The summed E-state index contributed by atoms with van der Waals surface area (Å²) in [5.74, 6) is -0.0776. The van der Waals surface area contributed by atoms with Crippen LogP contribution in [0.1, 0.15) is 23.2 Å². The molecule has 0 aliphatic rings. The predicted molar refractivity (Wildman–Crippen MR) is 61.3 cm³/mol. The van der Waals surface area contributed by atoms with E-state index in [4.69, 9.17) is 16.6 Å². The Kier molecular flexibility index (Phi) is 4.71. The van der Waals surface area contributed by atoms with Gasteiger partial charge in [-0.25, -0.2) is 6.57 Å². The van der Waals surface area contributed by atoms with Gasteiger partial charge in [-0.05, 0) is 5.46 Å². The average Bonchev–Trinajstić information content (AvgIpc) is 2.29. The molecule has 0 aliphatic heterocycles. The summed E-state index contributed by atoms with van der Waals surface area (Å²) < 4.78 is 0. The lowest BCUT2D eigenvalue weighted by Crippen LogP contribution is -2.30. The number of Topliss-reactive ketones (excluding diaryl/α,β-unsaturated/α-hetero) is 1. The normalized spacial score (nSPS) is 9.56. The highest BCUT2D eigenvalue weighted by molar-refractivity contribution is 6.58. The zero-order chi connectivity index (χ0) is 12.0. The van der Waals surface area contributed by atoms with E-state index in [9.17, 15) is 4.79 Å². The zero-order valence-electron chi connectivity index (χ0n) is 8.76. The molecule has 5 heteroatoms. The first kappa shape index (κ1) is 12.4. The van der Waals surface area contributed by atoms with Crippen molar-refractivity contribution < 1.29 is 14.8 Å². The molecule has 0 saturated heterocycles.